The van der Waals surface area contributed by atoms with Gasteiger partial charge in [0.25, 0.3) is 0 Å². The smallest absolute Gasteiger partial charge is 0.306 e. The van der Waals surface area contributed by atoms with Crippen LogP contribution in [0.25, 0.3) is 0 Å². The van der Waals surface area contributed by atoms with E-state index in [4.69, 9.17) is 5.11 Å². The zero-order valence-corrected chi connectivity index (χ0v) is 26.2. The lowest BCUT2D eigenvalue weighted by Gasteiger charge is -2.12. The van der Waals surface area contributed by atoms with E-state index in [1.54, 1.807) is 0 Å². The number of hydrogen-bond donors (Lipinski definition) is 2. The Bertz CT molecular complexity index is 539. The van der Waals surface area contributed by atoms with Gasteiger partial charge in [-0.3, -0.25) is 4.79 Å². The molecule has 0 aliphatic carbocycles. The molecule has 39 heavy (non-hydrogen) atoms. The Morgan fingerprint density at radius 2 is 0.795 bits per heavy atom. The van der Waals surface area contributed by atoms with Crippen molar-refractivity contribution in [1.82, 2.24) is 0 Å². The van der Waals surface area contributed by atoms with E-state index >= 15 is 0 Å². The van der Waals surface area contributed by atoms with Crippen molar-refractivity contribution in [2.45, 2.75) is 187 Å². The van der Waals surface area contributed by atoms with Gasteiger partial charge in [0.15, 0.2) is 0 Å². The van der Waals surface area contributed by atoms with E-state index in [1.807, 2.05) is 0 Å². The molecule has 0 aliphatic rings. The minimum atomic E-state index is -0.582. The van der Waals surface area contributed by atoms with Crippen LogP contribution < -0.4 is 0 Å². The quantitative estimate of drug-likeness (QED) is 0.0649. The van der Waals surface area contributed by atoms with E-state index in [-0.39, 0.29) is 5.92 Å². The van der Waals surface area contributed by atoms with Crippen molar-refractivity contribution < 1.29 is 15.0 Å². The third-order valence-corrected chi connectivity index (χ3v) is 8.03. The first kappa shape index (κ1) is 37.9. The Labute approximate surface area is 244 Å². The van der Waals surface area contributed by atoms with Gasteiger partial charge in [-0.25, -0.2) is 0 Å². The molecule has 3 nitrogen and oxygen atoms in total. The summed E-state index contributed by atoms with van der Waals surface area (Å²) in [6.07, 6.45) is 43.6. The number of carbonyl (C=O) groups is 1. The lowest BCUT2D eigenvalue weighted by molar-refractivity contribution is -0.142. The molecule has 1 unspecified atom stereocenters. The number of aliphatic hydroxyl groups excluding tert-OH is 1. The fraction of sp³-hybridized carbons (Fsp3) is 0.861. The summed E-state index contributed by atoms with van der Waals surface area (Å²) < 4.78 is 0. The molecule has 0 bridgehead atoms. The molecule has 0 aromatic rings. The average molecular weight is 549 g/mol. The SMILES string of the molecule is CCCCCCCC/C=C\CCCCCCC(CCCCCCCC/C=C\CCCCCCCCO)C(=O)O. The summed E-state index contributed by atoms with van der Waals surface area (Å²) in [4.78, 5) is 11.6. The number of carboxylic acid groups (broad SMARTS) is 1. The molecule has 0 aromatic carbocycles. The van der Waals surface area contributed by atoms with E-state index < -0.39 is 5.97 Å². The summed E-state index contributed by atoms with van der Waals surface area (Å²) in [7, 11) is 0. The zero-order valence-electron chi connectivity index (χ0n) is 26.2. The highest BCUT2D eigenvalue weighted by Crippen LogP contribution is 2.20. The molecule has 0 aliphatic heterocycles. The Kier molecular flexibility index (Phi) is 32.2. The van der Waals surface area contributed by atoms with Crippen molar-refractivity contribution in [2.24, 2.45) is 5.92 Å². The first-order valence-corrected chi connectivity index (χ1v) is 17.4. The van der Waals surface area contributed by atoms with Crippen LogP contribution in [0.5, 0.6) is 0 Å². The van der Waals surface area contributed by atoms with E-state index in [2.05, 4.69) is 31.2 Å². The predicted octanol–water partition coefficient (Wildman–Crippen LogP) is 11.7. The van der Waals surface area contributed by atoms with E-state index in [0.717, 1.165) is 32.1 Å². The number of allylic oxidation sites excluding steroid dienone is 4. The summed E-state index contributed by atoms with van der Waals surface area (Å²) in [5, 5.41) is 18.4. The highest BCUT2D eigenvalue weighted by Gasteiger charge is 2.16. The minimum absolute atomic E-state index is 0.132. The maximum absolute atomic E-state index is 11.6. The molecule has 0 rings (SSSR count). The van der Waals surface area contributed by atoms with Crippen molar-refractivity contribution in [3.05, 3.63) is 24.3 Å². The largest absolute Gasteiger partial charge is 0.481 e. The molecule has 0 saturated carbocycles. The molecule has 2 N–H and O–H groups in total. The van der Waals surface area contributed by atoms with Crippen LogP contribution in [-0.2, 0) is 4.79 Å². The maximum atomic E-state index is 11.6. The first-order valence-electron chi connectivity index (χ1n) is 17.4. The predicted molar refractivity (Wildman–Crippen MR) is 171 cm³/mol. The molecule has 0 aromatic heterocycles. The second-order valence-corrected chi connectivity index (χ2v) is 11.9. The van der Waals surface area contributed by atoms with Gasteiger partial charge in [-0.2, -0.15) is 0 Å². The summed E-state index contributed by atoms with van der Waals surface area (Å²) in [5.41, 5.74) is 0. The number of carboxylic acids is 1. The van der Waals surface area contributed by atoms with Crippen molar-refractivity contribution in [3.8, 4) is 0 Å². The fourth-order valence-electron chi connectivity index (χ4n) is 5.35. The van der Waals surface area contributed by atoms with E-state index in [9.17, 15) is 9.90 Å². The Hall–Kier alpha value is -1.09. The van der Waals surface area contributed by atoms with Gasteiger partial charge in [0.1, 0.15) is 0 Å². The van der Waals surface area contributed by atoms with Crippen molar-refractivity contribution >= 4 is 5.97 Å². The summed E-state index contributed by atoms with van der Waals surface area (Å²) in [5.74, 6) is -0.714. The van der Waals surface area contributed by atoms with Crippen LogP contribution in [0.4, 0.5) is 0 Å². The molecule has 0 spiro atoms. The van der Waals surface area contributed by atoms with Gasteiger partial charge in [0.2, 0.25) is 0 Å². The van der Waals surface area contributed by atoms with Crippen LogP contribution in [0.3, 0.4) is 0 Å². The van der Waals surface area contributed by atoms with Gasteiger partial charge in [-0.15, -0.1) is 0 Å². The van der Waals surface area contributed by atoms with Crippen molar-refractivity contribution in [2.75, 3.05) is 6.61 Å². The molecule has 0 fully saturated rings. The van der Waals surface area contributed by atoms with E-state index in [1.165, 1.54) is 148 Å². The van der Waals surface area contributed by atoms with Crippen molar-refractivity contribution in [1.29, 1.82) is 0 Å². The molecule has 1 atom stereocenters. The highest BCUT2D eigenvalue weighted by atomic mass is 16.4. The third-order valence-electron chi connectivity index (χ3n) is 8.03. The summed E-state index contributed by atoms with van der Waals surface area (Å²) in [6.45, 7) is 2.61. The van der Waals surface area contributed by atoms with Crippen LogP contribution in [-0.4, -0.2) is 22.8 Å². The van der Waals surface area contributed by atoms with Gasteiger partial charge in [0.05, 0.1) is 5.92 Å². The Morgan fingerprint density at radius 3 is 1.13 bits per heavy atom. The molecule has 0 radical (unpaired) electrons. The van der Waals surface area contributed by atoms with Crippen LogP contribution in [0.2, 0.25) is 0 Å². The van der Waals surface area contributed by atoms with Crippen LogP contribution in [0.1, 0.15) is 187 Å². The molecule has 0 saturated heterocycles. The Morgan fingerprint density at radius 1 is 0.487 bits per heavy atom. The molecule has 3 heteroatoms. The maximum Gasteiger partial charge on any atom is 0.306 e. The summed E-state index contributed by atoms with van der Waals surface area (Å²) in [6, 6.07) is 0. The molecule has 230 valence electrons. The van der Waals surface area contributed by atoms with Gasteiger partial charge in [-0.05, 0) is 70.6 Å². The minimum Gasteiger partial charge on any atom is -0.481 e. The zero-order chi connectivity index (χ0) is 28.5. The van der Waals surface area contributed by atoms with Gasteiger partial charge in [0, 0.05) is 6.61 Å². The van der Waals surface area contributed by atoms with Crippen molar-refractivity contribution in [3.63, 3.8) is 0 Å². The molecule has 0 amide bonds. The van der Waals surface area contributed by atoms with Crippen LogP contribution in [0.15, 0.2) is 24.3 Å². The number of unbranched alkanes of at least 4 members (excludes halogenated alkanes) is 22. The topological polar surface area (TPSA) is 57.5 Å². The van der Waals surface area contributed by atoms with Crippen LogP contribution in [0, 0.1) is 5.92 Å². The Balaban J connectivity index is 3.48. The number of aliphatic carboxylic acids is 1. The fourth-order valence-corrected chi connectivity index (χ4v) is 5.35. The summed E-state index contributed by atoms with van der Waals surface area (Å²) >= 11 is 0. The van der Waals surface area contributed by atoms with Gasteiger partial charge in [-0.1, -0.05) is 140 Å². The lowest BCUT2D eigenvalue weighted by Crippen LogP contribution is -2.13. The van der Waals surface area contributed by atoms with Gasteiger partial charge >= 0.3 is 5.97 Å². The second-order valence-electron chi connectivity index (χ2n) is 11.9. The van der Waals surface area contributed by atoms with Crippen LogP contribution >= 0.6 is 0 Å². The molecule has 0 heterocycles. The molecular formula is C36H68O3. The lowest BCUT2D eigenvalue weighted by atomic mass is 9.94. The number of rotatable bonds is 32. The number of aliphatic hydroxyl groups is 1. The average Bonchev–Trinajstić information content (AvgIpc) is 2.93. The van der Waals surface area contributed by atoms with Gasteiger partial charge < -0.3 is 10.2 Å². The normalized spacial score (nSPS) is 12.7. The first-order chi connectivity index (χ1) is 19.2. The number of hydrogen-bond acceptors (Lipinski definition) is 2. The second kappa shape index (κ2) is 33.1. The third kappa shape index (κ3) is 31.3. The monoisotopic (exact) mass is 549 g/mol. The van der Waals surface area contributed by atoms with E-state index in [0.29, 0.717) is 6.61 Å². The molecular weight excluding hydrogens is 480 g/mol. The standard InChI is InChI=1S/C36H68O3/c1-2-3-4-5-6-7-8-9-14-17-20-23-26-29-32-35(36(38)39)33-30-27-24-21-18-15-12-10-11-13-16-19-22-25-28-31-34-37/h9-11,14,35,37H,2-8,12-13,15-34H2,1H3,(H,38,39)/b11-10-,14-9-. The highest BCUT2D eigenvalue weighted by molar-refractivity contribution is 5.69.